The summed E-state index contributed by atoms with van der Waals surface area (Å²) in [5.41, 5.74) is 2.81. The first-order valence-electron chi connectivity index (χ1n) is 3.27. The molecule has 0 saturated carbocycles. The van der Waals surface area contributed by atoms with Crippen molar-refractivity contribution in [2.75, 3.05) is 19.1 Å². The fourth-order valence-electron chi connectivity index (χ4n) is 0.699. The van der Waals surface area contributed by atoms with Crippen LogP contribution >= 0.6 is 0 Å². The Hall–Kier alpha value is -1.16. The SMILES string of the molecule is CNN(C)c1cccc(F)n1. The van der Waals surface area contributed by atoms with Gasteiger partial charge in [-0.3, -0.25) is 5.01 Å². The molecule has 0 aliphatic heterocycles. The highest BCUT2D eigenvalue weighted by atomic mass is 19.1. The van der Waals surface area contributed by atoms with E-state index < -0.39 is 5.95 Å². The Bertz CT molecular complexity index is 239. The average molecular weight is 155 g/mol. The lowest BCUT2D eigenvalue weighted by Crippen LogP contribution is -2.31. The summed E-state index contributed by atoms with van der Waals surface area (Å²) in [6.45, 7) is 0. The lowest BCUT2D eigenvalue weighted by Gasteiger charge is -2.15. The van der Waals surface area contributed by atoms with Crippen LogP contribution < -0.4 is 10.4 Å². The first kappa shape index (κ1) is 7.94. The number of rotatable bonds is 2. The largest absolute Gasteiger partial charge is 0.295 e. The molecule has 0 spiro atoms. The number of nitrogens with one attached hydrogen (secondary N) is 1. The highest BCUT2D eigenvalue weighted by Crippen LogP contribution is 2.05. The van der Waals surface area contributed by atoms with Gasteiger partial charge in [-0.05, 0) is 12.1 Å². The van der Waals surface area contributed by atoms with Gasteiger partial charge < -0.3 is 0 Å². The van der Waals surface area contributed by atoms with Gasteiger partial charge in [-0.25, -0.2) is 10.4 Å². The molecule has 1 aromatic heterocycles. The Morgan fingerprint density at radius 2 is 2.27 bits per heavy atom. The third kappa shape index (κ3) is 1.88. The highest BCUT2D eigenvalue weighted by molar-refractivity contribution is 5.34. The Labute approximate surface area is 64.8 Å². The number of hydrogen-bond acceptors (Lipinski definition) is 3. The molecule has 1 heterocycles. The van der Waals surface area contributed by atoms with Gasteiger partial charge in [0, 0.05) is 14.1 Å². The van der Waals surface area contributed by atoms with Crippen LogP contribution in [0.2, 0.25) is 0 Å². The van der Waals surface area contributed by atoms with Gasteiger partial charge in [0.1, 0.15) is 5.82 Å². The predicted octanol–water partition coefficient (Wildman–Crippen LogP) is 0.791. The second-order valence-electron chi connectivity index (χ2n) is 2.10. The minimum atomic E-state index is -0.468. The summed E-state index contributed by atoms with van der Waals surface area (Å²) in [5, 5.41) is 1.63. The lowest BCUT2D eigenvalue weighted by atomic mass is 10.4. The fourth-order valence-corrected chi connectivity index (χ4v) is 0.699. The molecule has 0 fully saturated rings. The van der Waals surface area contributed by atoms with E-state index in [0.29, 0.717) is 5.82 Å². The molecule has 3 nitrogen and oxygen atoms in total. The number of aromatic nitrogens is 1. The van der Waals surface area contributed by atoms with Gasteiger partial charge in [-0.2, -0.15) is 4.39 Å². The van der Waals surface area contributed by atoms with Crippen molar-refractivity contribution in [3.8, 4) is 0 Å². The zero-order valence-corrected chi connectivity index (χ0v) is 6.50. The summed E-state index contributed by atoms with van der Waals surface area (Å²) in [4.78, 5) is 3.64. The van der Waals surface area contributed by atoms with Crippen molar-refractivity contribution in [1.82, 2.24) is 10.4 Å². The topological polar surface area (TPSA) is 28.2 Å². The van der Waals surface area contributed by atoms with Crippen molar-refractivity contribution in [3.05, 3.63) is 24.1 Å². The number of hydrogen-bond donors (Lipinski definition) is 1. The molecule has 11 heavy (non-hydrogen) atoms. The molecule has 0 aliphatic rings. The molecule has 0 saturated heterocycles. The second kappa shape index (κ2) is 3.30. The quantitative estimate of drug-likeness (QED) is 0.505. The zero-order chi connectivity index (χ0) is 8.27. The molecular formula is C7H10FN3. The van der Waals surface area contributed by atoms with Crippen LogP contribution in [0.5, 0.6) is 0 Å². The molecule has 0 unspecified atom stereocenters. The van der Waals surface area contributed by atoms with E-state index in [4.69, 9.17) is 0 Å². The number of hydrazine groups is 1. The van der Waals surface area contributed by atoms with Gasteiger partial charge in [0.2, 0.25) is 5.95 Å². The van der Waals surface area contributed by atoms with Crippen molar-refractivity contribution >= 4 is 5.82 Å². The summed E-state index contributed by atoms with van der Waals surface area (Å²) >= 11 is 0. The molecule has 1 N–H and O–H groups in total. The minimum absolute atomic E-state index is 0.468. The normalized spacial score (nSPS) is 9.73. The van der Waals surface area contributed by atoms with E-state index in [9.17, 15) is 4.39 Å². The van der Waals surface area contributed by atoms with E-state index in [1.807, 2.05) is 0 Å². The standard InChI is InChI=1S/C7H10FN3/c1-9-11(2)7-5-3-4-6(8)10-7/h3-5,9H,1-2H3. The fraction of sp³-hybridized carbons (Fsp3) is 0.286. The molecular weight excluding hydrogens is 145 g/mol. The van der Waals surface area contributed by atoms with E-state index in [1.54, 1.807) is 31.2 Å². The van der Waals surface area contributed by atoms with E-state index in [-0.39, 0.29) is 0 Å². The molecule has 60 valence electrons. The van der Waals surface area contributed by atoms with Crippen LogP contribution in [0.1, 0.15) is 0 Å². The summed E-state index contributed by atoms with van der Waals surface area (Å²) in [5.74, 6) is 0.0945. The van der Waals surface area contributed by atoms with Gasteiger partial charge in [0.15, 0.2) is 0 Å². The smallest absolute Gasteiger partial charge is 0.214 e. The Morgan fingerprint density at radius 3 is 2.82 bits per heavy atom. The van der Waals surface area contributed by atoms with Crippen LogP contribution in [0.3, 0.4) is 0 Å². The van der Waals surface area contributed by atoms with Crippen LogP contribution in [0.25, 0.3) is 0 Å². The zero-order valence-electron chi connectivity index (χ0n) is 6.50. The minimum Gasteiger partial charge on any atom is -0.295 e. The van der Waals surface area contributed by atoms with Gasteiger partial charge in [0.25, 0.3) is 0 Å². The number of pyridine rings is 1. The number of halogens is 1. The summed E-state index contributed by atoms with van der Waals surface area (Å²) < 4.78 is 12.5. The maximum absolute atomic E-state index is 12.5. The first-order chi connectivity index (χ1) is 5.24. The summed E-state index contributed by atoms with van der Waals surface area (Å²) in [7, 11) is 3.51. The van der Waals surface area contributed by atoms with Gasteiger partial charge >= 0.3 is 0 Å². The molecule has 0 bridgehead atoms. The van der Waals surface area contributed by atoms with Gasteiger partial charge in [-0.1, -0.05) is 6.07 Å². The van der Waals surface area contributed by atoms with Gasteiger partial charge in [-0.15, -0.1) is 0 Å². The second-order valence-corrected chi connectivity index (χ2v) is 2.10. The van der Waals surface area contributed by atoms with Crippen molar-refractivity contribution < 1.29 is 4.39 Å². The monoisotopic (exact) mass is 155 g/mol. The van der Waals surface area contributed by atoms with Crippen LogP contribution in [-0.4, -0.2) is 19.1 Å². The van der Waals surface area contributed by atoms with Crippen molar-refractivity contribution in [3.63, 3.8) is 0 Å². The first-order valence-corrected chi connectivity index (χ1v) is 3.27. The molecule has 0 radical (unpaired) electrons. The molecule has 0 aliphatic carbocycles. The maximum atomic E-state index is 12.5. The highest BCUT2D eigenvalue weighted by Gasteiger charge is 1.98. The van der Waals surface area contributed by atoms with E-state index in [0.717, 1.165) is 0 Å². The summed E-state index contributed by atoms with van der Waals surface area (Å²) in [6.07, 6.45) is 0. The Balaban J connectivity index is 2.86. The van der Waals surface area contributed by atoms with E-state index in [1.165, 1.54) is 6.07 Å². The molecule has 0 atom stereocenters. The van der Waals surface area contributed by atoms with Crippen LogP contribution in [0.15, 0.2) is 18.2 Å². The Morgan fingerprint density at radius 1 is 1.55 bits per heavy atom. The van der Waals surface area contributed by atoms with Gasteiger partial charge in [0.05, 0.1) is 0 Å². The van der Waals surface area contributed by atoms with Crippen molar-refractivity contribution in [1.29, 1.82) is 0 Å². The Kier molecular flexibility index (Phi) is 2.38. The third-order valence-electron chi connectivity index (χ3n) is 1.38. The van der Waals surface area contributed by atoms with Crippen LogP contribution in [0.4, 0.5) is 10.2 Å². The third-order valence-corrected chi connectivity index (χ3v) is 1.38. The van der Waals surface area contributed by atoms with Crippen LogP contribution in [-0.2, 0) is 0 Å². The maximum Gasteiger partial charge on any atom is 0.214 e. The molecule has 1 rings (SSSR count). The molecule has 0 aromatic carbocycles. The molecule has 0 amide bonds. The number of anilines is 1. The van der Waals surface area contributed by atoms with Crippen molar-refractivity contribution in [2.45, 2.75) is 0 Å². The number of nitrogens with zero attached hydrogens (tertiary/aromatic N) is 2. The molecule has 1 aromatic rings. The molecule has 4 heteroatoms. The van der Waals surface area contributed by atoms with E-state index >= 15 is 0 Å². The predicted molar refractivity (Wildman–Crippen MR) is 41.7 cm³/mol. The van der Waals surface area contributed by atoms with Crippen molar-refractivity contribution in [2.24, 2.45) is 0 Å². The average Bonchev–Trinajstić information content (AvgIpc) is 2.03. The summed E-state index contributed by atoms with van der Waals surface area (Å²) in [6, 6.07) is 4.65. The van der Waals surface area contributed by atoms with Crippen LogP contribution in [0, 0.1) is 5.95 Å². The lowest BCUT2D eigenvalue weighted by molar-refractivity contribution is 0.580. The van der Waals surface area contributed by atoms with E-state index in [2.05, 4.69) is 10.4 Å².